The van der Waals surface area contributed by atoms with Gasteiger partial charge in [-0.05, 0) is 36.2 Å². The summed E-state index contributed by atoms with van der Waals surface area (Å²) < 4.78 is 0. The third-order valence-corrected chi connectivity index (χ3v) is 2.93. The first-order valence-corrected chi connectivity index (χ1v) is 6.18. The number of carbonyl (C=O) groups is 2. The number of anilines is 1. The zero-order valence-corrected chi connectivity index (χ0v) is 10.7. The minimum atomic E-state index is -0.179. The number of carbonyl (C=O) groups excluding carboxylic acids is 2. The molecule has 0 aliphatic carbocycles. The van der Waals surface area contributed by atoms with E-state index < -0.39 is 0 Å². The number of aryl methyl sites for hydroxylation is 1. The van der Waals surface area contributed by atoms with Crippen molar-refractivity contribution in [1.29, 1.82) is 0 Å². The second kappa shape index (κ2) is 5.96. The maximum absolute atomic E-state index is 12.0. The SMILES string of the molecule is CCc1ccc(NC(=O)c2ccc(C=O)cc2)cc1. The van der Waals surface area contributed by atoms with Crippen molar-refractivity contribution in [2.24, 2.45) is 0 Å². The summed E-state index contributed by atoms with van der Waals surface area (Å²) >= 11 is 0. The van der Waals surface area contributed by atoms with E-state index in [0.29, 0.717) is 11.1 Å². The average Bonchev–Trinajstić information content (AvgIpc) is 2.48. The van der Waals surface area contributed by atoms with Crippen LogP contribution in [0.3, 0.4) is 0 Å². The fraction of sp³-hybridized carbons (Fsp3) is 0.125. The Balaban J connectivity index is 2.08. The van der Waals surface area contributed by atoms with Crippen LogP contribution in [-0.4, -0.2) is 12.2 Å². The normalized spacial score (nSPS) is 9.95. The lowest BCUT2D eigenvalue weighted by Crippen LogP contribution is -2.11. The summed E-state index contributed by atoms with van der Waals surface area (Å²) in [6, 6.07) is 14.3. The van der Waals surface area contributed by atoms with Crippen molar-refractivity contribution in [3.8, 4) is 0 Å². The van der Waals surface area contributed by atoms with Gasteiger partial charge >= 0.3 is 0 Å². The number of benzene rings is 2. The van der Waals surface area contributed by atoms with Crippen molar-refractivity contribution >= 4 is 17.9 Å². The first-order chi connectivity index (χ1) is 9.22. The third-order valence-electron chi connectivity index (χ3n) is 2.93. The quantitative estimate of drug-likeness (QED) is 0.850. The lowest BCUT2D eigenvalue weighted by Gasteiger charge is -2.06. The Morgan fingerprint density at radius 3 is 2.21 bits per heavy atom. The van der Waals surface area contributed by atoms with Crippen LogP contribution in [0.2, 0.25) is 0 Å². The fourth-order valence-corrected chi connectivity index (χ4v) is 1.74. The second-order valence-corrected chi connectivity index (χ2v) is 4.24. The minimum Gasteiger partial charge on any atom is -0.322 e. The van der Waals surface area contributed by atoms with Gasteiger partial charge in [0, 0.05) is 16.8 Å². The van der Waals surface area contributed by atoms with E-state index >= 15 is 0 Å². The molecule has 0 bridgehead atoms. The van der Waals surface area contributed by atoms with E-state index in [9.17, 15) is 9.59 Å². The molecule has 2 aromatic rings. The summed E-state index contributed by atoms with van der Waals surface area (Å²) in [4.78, 5) is 22.5. The first-order valence-electron chi connectivity index (χ1n) is 6.18. The van der Waals surface area contributed by atoms with E-state index in [0.717, 1.165) is 18.4 Å². The molecule has 0 aromatic heterocycles. The average molecular weight is 253 g/mol. The van der Waals surface area contributed by atoms with Gasteiger partial charge in [0.15, 0.2) is 0 Å². The molecule has 3 heteroatoms. The van der Waals surface area contributed by atoms with Gasteiger partial charge in [0.25, 0.3) is 5.91 Å². The van der Waals surface area contributed by atoms with Crippen molar-refractivity contribution in [3.63, 3.8) is 0 Å². The van der Waals surface area contributed by atoms with Crippen molar-refractivity contribution < 1.29 is 9.59 Å². The summed E-state index contributed by atoms with van der Waals surface area (Å²) in [7, 11) is 0. The Kier molecular flexibility index (Phi) is 4.08. The molecule has 0 spiro atoms. The molecule has 0 atom stereocenters. The van der Waals surface area contributed by atoms with E-state index in [1.807, 2.05) is 24.3 Å². The molecule has 19 heavy (non-hydrogen) atoms. The molecule has 0 unspecified atom stereocenters. The van der Waals surface area contributed by atoms with Crippen molar-refractivity contribution in [2.75, 3.05) is 5.32 Å². The molecular formula is C16H15NO2. The van der Waals surface area contributed by atoms with Crippen LogP contribution in [0, 0.1) is 0 Å². The van der Waals surface area contributed by atoms with Gasteiger partial charge in [-0.2, -0.15) is 0 Å². The fourth-order valence-electron chi connectivity index (χ4n) is 1.74. The molecule has 0 aliphatic heterocycles. The highest BCUT2D eigenvalue weighted by Gasteiger charge is 2.05. The van der Waals surface area contributed by atoms with E-state index in [1.165, 1.54) is 5.56 Å². The molecule has 3 nitrogen and oxygen atoms in total. The van der Waals surface area contributed by atoms with E-state index in [-0.39, 0.29) is 5.91 Å². The highest BCUT2D eigenvalue weighted by molar-refractivity contribution is 6.04. The van der Waals surface area contributed by atoms with Crippen molar-refractivity contribution in [1.82, 2.24) is 0 Å². The molecule has 0 fully saturated rings. The van der Waals surface area contributed by atoms with Crippen molar-refractivity contribution in [2.45, 2.75) is 13.3 Å². The number of amides is 1. The smallest absolute Gasteiger partial charge is 0.255 e. The minimum absolute atomic E-state index is 0.179. The third kappa shape index (κ3) is 3.28. The van der Waals surface area contributed by atoms with Gasteiger partial charge in [-0.25, -0.2) is 0 Å². The summed E-state index contributed by atoms with van der Waals surface area (Å²) in [5, 5.41) is 2.82. The predicted octanol–water partition coefficient (Wildman–Crippen LogP) is 3.31. The first kappa shape index (κ1) is 13.0. The van der Waals surface area contributed by atoms with Gasteiger partial charge in [-0.15, -0.1) is 0 Å². The molecule has 2 rings (SSSR count). The van der Waals surface area contributed by atoms with Gasteiger partial charge in [0.05, 0.1) is 0 Å². The van der Waals surface area contributed by atoms with Gasteiger partial charge < -0.3 is 5.32 Å². The monoisotopic (exact) mass is 253 g/mol. The molecule has 0 saturated carbocycles. The van der Waals surface area contributed by atoms with E-state index in [1.54, 1.807) is 24.3 Å². The summed E-state index contributed by atoms with van der Waals surface area (Å²) in [6.07, 6.45) is 1.73. The predicted molar refractivity (Wildman–Crippen MR) is 75.6 cm³/mol. The summed E-state index contributed by atoms with van der Waals surface area (Å²) in [5.41, 5.74) is 3.09. The molecule has 2 aromatic carbocycles. The number of hydrogen-bond acceptors (Lipinski definition) is 2. The van der Waals surface area contributed by atoms with Crippen LogP contribution in [0.5, 0.6) is 0 Å². The van der Waals surface area contributed by atoms with Gasteiger partial charge in [-0.1, -0.05) is 31.2 Å². The van der Waals surface area contributed by atoms with Crippen LogP contribution >= 0.6 is 0 Å². The van der Waals surface area contributed by atoms with E-state index in [2.05, 4.69) is 12.2 Å². The van der Waals surface area contributed by atoms with Crippen LogP contribution in [0.1, 0.15) is 33.2 Å². The molecule has 0 heterocycles. The Labute approximate surface area is 112 Å². The van der Waals surface area contributed by atoms with Crippen LogP contribution in [-0.2, 0) is 6.42 Å². The largest absolute Gasteiger partial charge is 0.322 e. The van der Waals surface area contributed by atoms with Gasteiger partial charge in [-0.3, -0.25) is 9.59 Å². The van der Waals surface area contributed by atoms with Gasteiger partial charge in [0.2, 0.25) is 0 Å². The molecule has 96 valence electrons. The Bertz CT molecular complexity index is 571. The zero-order valence-electron chi connectivity index (χ0n) is 10.7. The highest BCUT2D eigenvalue weighted by atomic mass is 16.1. The van der Waals surface area contributed by atoms with Crippen LogP contribution in [0.15, 0.2) is 48.5 Å². The number of aldehydes is 1. The lowest BCUT2D eigenvalue weighted by atomic mass is 10.1. The molecule has 0 saturated heterocycles. The van der Waals surface area contributed by atoms with Crippen molar-refractivity contribution in [3.05, 3.63) is 65.2 Å². The number of nitrogens with one attached hydrogen (secondary N) is 1. The lowest BCUT2D eigenvalue weighted by molar-refractivity contribution is 0.102. The maximum Gasteiger partial charge on any atom is 0.255 e. The molecule has 1 N–H and O–H groups in total. The topological polar surface area (TPSA) is 46.2 Å². The van der Waals surface area contributed by atoms with Crippen LogP contribution in [0.25, 0.3) is 0 Å². The second-order valence-electron chi connectivity index (χ2n) is 4.24. The van der Waals surface area contributed by atoms with Gasteiger partial charge in [0.1, 0.15) is 6.29 Å². The van der Waals surface area contributed by atoms with Crippen LogP contribution in [0.4, 0.5) is 5.69 Å². The number of hydrogen-bond donors (Lipinski definition) is 1. The Morgan fingerprint density at radius 1 is 1.05 bits per heavy atom. The Morgan fingerprint density at radius 2 is 1.68 bits per heavy atom. The Hall–Kier alpha value is -2.42. The highest BCUT2D eigenvalue weighted by Crippen LogP contribution is 2.12. The molecular weight excluding hydrogens is 238 g/mol. The molecule has 1 amide bonds. The summed E-state index contributed by atoms with van der Waals surface area (Å²) in [5.74, 6) is -0.179. The maximum atomic E-state index is 12.0. The zero-order chi connectivity index (χ0) is 13.7. The molecule has 0 aliphatic rings. The van der Waals surface area contributed by atoms with Crippen LogP contribution < -0.4 is 5.32 Å². The van der Waals surface area contributed by atoms with E-state index in [4.69, 9.17) is 0 Å². The standard InChI is InChI=1S/C16H15NO2/c1-2-12-5-9-15(10-6-12)17-16(19)14-7-3-13(11-18)4-8-14/h3-11H,2H2,1H3,(H,17,19). The number of rotatable bonds is 4. The summed E-state index contributed by atoms with van der Waals surface area (Å²) in [6.45, 7) is 2.09. The molecule has 0 radical (unpaired) electrons.